The first-order valence-corrected chi connectivity index (χ1v) is 10.9. The first kappa shape index (κ1) is 23.1. The second-order valence-corrected chi connectivity index (χ2v) is 8.15. The van der Waals surface area contributed by atoms with Crippen molar-refractivity contribution in [2.24, 2.45) is 0 Å². The van der Waals surface area contributed by atoms with Gasteiger partial charge in [-0.3, -0.25) is 19.1 Å². The third kappa shape index (κ3) is 4.99. The summed E-state index contributed by atoms with van der Waals surface area (Å²) in [4.78, 5) is 42.5. The van der Waals surface area contributed by atoms with Crippen molar-refractivity contribution < 1.29 is 4.79 Å². The van der Waals surface area contributed by atoms with Gasteiger partial charge in [0.05, 0.1) is 6.54 Å². The molecule has 0 radical (unpaired) electrons. The molecule has 0 saturated heterocycles. The molecule has 3 rings (SSSR count). The van der Waals surface area contributed by atoms with Gasteiger partial charge in [-0.05, 0) is 35.6 Å². The van der Waals surface area contributed by atoms with E-state index in [0.717, 1.165) is 17.5 Å². The van der Waals surface area contributed by atoms with Crippen LogP contribution in [0.25, 0.3) is 0 Å². The minimum atomic E-state index is -0.667. The molecule has 0 saturated carbocycles. The van der Waals surface area contributed by atoms with Crippen molar-refractivity contribution in [1.29, 1.82) is 0 Å². The topological polar surface area (TPSA) is 101 Å². The molecule has 0 aliphatic carbocycles. The van der Waals surface area contributed by atoms with Gasteiger partial charge < -0.3 is 10.6 Å². The fourth-order valence-electron chi connectivity index (χ4n) is 3.56. The molecular formula is C25H30N4O3. The van der Waals surface area contributed by atoms with E-state index in [1.807, 2.05) is 49.4 Å². The lowest BCUT2D eigenvalue weighted by Gasteiger charge is -2.24. The van der Waals surface area contributed by atoms with Crippen molar-refractivity contribution in [3.63, 3.8) is 0 Å². The van der Waals surface area contributed by atoms with E-state index in [1.54, 1.807) is 12.1 Å². The summed E-state index contributed by atoms with van der Waals surface area (Å²) in [6.45, 7) is 6.68. The smallest absolute Gasteiger partial charge is 0.330 e. The van der Waals surface area contributed by atoms with E-state index >= 15 is 0 Å². The number of nitrogens with two attached hydrogens (primary N) is 1. The number of amides is 1. The van der Waals surface area contributed by atoms with E-state index in [-0.39, 0.29) is 24.0 Å². The van der Waals surface area contributed by atoms with Crippen LogP contribution in [0.15, 0.2) is 64.2 Å². The largest absolute Gasteiger partial charge is 0.383 e. The Morgan fingerprint density at radius 2 is 1.72 bits per heavy atom. The zero-order chi connectivity index (χ0) is 23.3. The van der Waals surface area contributed by atoms with Crippen LogP contribution < -0.4 is 21.9 Å². The SMILES string of the molecule is CCCCN(C(=O)c1ccc(C(C)C)cc1)c1c(N)n(Cc2ccccc2)c(=O)[nH]c1=O. The number of hydrogen-bond donors (Lipinski definition) is 2. The Labute approximate surface area is 187 Å². The van der Waals surface area contributed by atoms with Crippen LogP contribution in [0.2, 0.25) is 0 Å². The standard InChI is InChI=1S/C25H30N4O3/c1-4-5-15-28(24(31)20-13-11-19(12-14-20)17(2)3)21-22(26)29(25(32)27-23(21)30)16-18-9-7-6-8-10-18/h6-14,17H,4-5,15-16,26H2,1-3H3,(H,27,30,32). The third-order valence-electron chi connectivity index (χ3n) is 5.47. The van der Waals surface area contributed by atoms with Gasteiger partial charge in [-0.1, -0.05) is 69.7 Å². The molecule has 2 aromatic carbocycles. The molecule has 7 heteroatoms. The molecule has 168 valence electrons. The first-order chi connectivity index (χ1) is 15.3. The Kier molecular flexibility index (Phi) is 7.30. The van der Waals surface area contributed by atoms with Gasteiger partial charge in [0.15, 0.2) is 5.69 Å². The lowest BCUT2D eigenvalue weighted by Crippen LogP contribution is -2.41. The molecule has 0 unspecified atom stereocenters. The van der Waals surface area contributed by atoms with Crippen LogP contribution in [0, 0.1) is 0 Å². The quantitative estimate of drug-likeness (QED) is 0.564. The number of aromatic nitrogens is 2. The number of nitrogen functional groups attached to an aromatic ring is 1. The molecule has 1 amide bonds. The average molecular weight is 435 g/mol. The zero-order valence-electron chi connectivity index (χ0n) is 18.8. The van der Waals surface area contributed by atoms with Gasteiger partial charge in [-0.25, -0.2) is 4.79 Å². The molecule has 0 atom stereocenters. The maximum Gasteiger partial charge on any atom is 0.330 e. The summed E-state index contributed by atoms with van der Waals surface area (Å²) in [5, 5.41) is 0. The molecule has 0 aliphatic heterocycles. The van der Waals surface area contributed by atoms with Crippen molar-refractivity contribution in [3.05, 3.63) is 92.1 Å². The normalized spacial score (nSPS) is 11.0. The third-order valence-corrected chi connectivity index (χ3v) is 5.47. The van der Waals surface area contributed by atoms with Gasteiger partial charge in [0.1, 0.15) is 5.82 Å². The number of benzene rings is 2. The number of carbonyl (C=O) groups excluding carboxylic acids is 1. The number of unbranched alkanes of at least 4 members (excludes halogenated alkanes) is 1. The van der Waals surface area contributed by atoms with Gasteiger partial charge in [0.25, 0.3) is 11.5 Å². The van der Waals surface area contributed by atoms with Crippen molar-refractivity contribution in [1.82, 2.24) is 9.55 Å². The number of rotatable bonds is 8. The maximum absolute atomic E-state index is 13.4. The van der Waals surface area contributed by atoms with Crippen molar-refractivity contribution in [3.8, 4) is 0 Å². The van der Waals surface area contributed by atoms with Crippen molar-refractivity contribution >= 4 is 17.4 Å². The predicted octanol–water partition coefficient (Wildman–Crippen LogP) is 3.74. The minimum Gasteiger partial charge on any atom is -0.383 e. The number of H-pyrrole nitrogens is 1. The maximum atomic E-state index is 13.4. The van der Waals surface area contributed by atoms with Gasteiger partial charge in [-0.2, -0.15) is 0 Å². The Balaban J connectivity index is 2.06. The number of nitrogens with zero attached hydrogens (tertiary/aromatic N) is 2. The molecule has 0 bridgehead atoms. The van der Waals surface area contributed by atoms with Crippen molar-refractivity contribution in [2.45, 2.75) is 46.1 Å². The van der Waals surface area contributed by atoms with E-state index in [1.165, 1.54) is 9.47 Å². The Bertz CT molecular complexity index is 1180. The van der Waals surface area contributed by atoms with E-state index in [2.05, 4.69) is 18.8 Å². The number of hydrogen-bond acceptors (Lipinski definition) is 4. The number of anilines is 2. The summed E-state index contributed by atoms with van der Waals surface area (Å²) < 4.78 is 1.29. The Morgan fingerprint density at radius 1 is 1.06 bits per heavy atom. The molecule has 1 aromatic heterocycles. The lowest BCUT2D eigenvalue weighted by molar-refractivity contribution is 0.0986. The van der Waals surface area contributed by atoms with Crippen LogP contribution in [0.5, 0.6) is 0 Å². The van der Waals surface area contributed by atoms with Crippen molar-refractivity contribution in [2.75, 3.05) is 17.2 Å². The van der Waals surface area contributed by atoms with Gasteiger partial charge in [0, 0.05) is 12.1 Å². The van der Waals surface area contributed by atoms with Crippen LogP contribution in [0.4, 0.5) is 11.5 Å². The van der Waals surface area contributed by atoms with Gasteiger partial charge in [0.2, 0.25) is 0 Å². The number of carbonyl (C=O) groups is 1. The highest BCUT2D eigenvalue weighted by molar-refractivity contribution is 6.07. The van der Waals surface area contributed by atoms with Crippen LogP contribution in [-0.2, 0) is 6.54 Å². The molecule has 3 N–H and O–H groups in total. The van der Waals surface area contributed by atoms with Crippen LogP contribution in [0.3, 0.4) is 0 Å². The Hall–Kier alpha value is -3.61. The van der Waals surface area contributed by atoms with E-state index in [0.29, 0.717) is 24.4 Å². The number of nitrogens with one attached hydrogen (secondary N) is 1. The van der Waals surface area contributed by atoms with Gasteiger partial charge in [-0.15, -0.1) is 0 Å². The molecule has 0 aliphatic rings. The monoisotopic (exact) mass is 434 g/mol. The molecule has 7 nitrogen and oxygen atoms in total. The van der Waals surface area contributed by atoms with E-state index in [9.17, 15) is 14.4 Å². The summed E-state index contributed by atoms with van der Waals surface area (Å²) in [6, 6.07) is 16.7. The molecule has 32 heavy (non-hydrogen) atoms. The second kappa shape index (κ2) is 10.1. The molecule has 1 heterocycles. The summed E-state index contributed by atoms with van der Waals surface area (Å²) in [7, 11) is 0. The minimum absolute atomic E-state index is 0.00640. The fourth-order valence-corrected chi connectivity index (χ4v) is 3.56. The van der Waals surface area contributed by atoms with E-state index < -0.39 is 11.2 Å². The second-order valence-electron chi connectivity index (χ2n) is 8.15. The average Bonchev–Trinajstić information content (AvgIpc) is 2.79. The number of aromatic amines is 1. The lowest BCUT2D eigenvalue weighted by atomic mass is 10.0. The summed E-state index contributed by atoms with van der Waals surface area (Å²) >= 11 is 0. The summed E-state index contributed by atoms with van der Waals surface area (Å²) in [5.74, 6) is -0.00268. The van der Waals surface area contributed by atoms with E-state index in [4.69, 9.17) is 5.73 Å². The highest BCUT2D eigenvalue weighted by atomic mass is 16.2. The van der Waals surface area contributed by atoms with Crippen LogP contribution in [0.1, 0.15) is 61.0 Å². The highest BCUT2D eigenvalue weighted by Gasteiger charge is 2.25. The molecular weight excluding hydrogens is 404 g/mol. The molecule has 0 fully saturated rings. The highest BCUT2D eigenvalue weighted by Crippen LogP contribution is 2.22. The predicted molar refractivity (Wildman–Crippen MR) is 128 cm³/mol. The van der Waals surface area contributed by atoms with Gasteiger partial charge >= 0.3 is 5.69 Å². The molecule has 0 spiro atoms. The summed E-state index contributed by atoms with van der Waals surface area (Å²) in [6.07, 6.45) is 1.52. The molecule has 3 aromatic rings. The van der Waals surface area contributed by atoms with Crippen LogP contribution >= 0.6 is 0 Å². The Morgan fingerprint density at radius 3 is 2.31 bits per heavy atom. The fraction of sp³-hybridized carbons (Fsp3) is 0.320. The first-order valence-electron chi connectivity index (χ1n) is 10.9. The summed E-state index contributed by atoms with van der Waals surface area (Å²) in [5.41, 5.74) is 7.51. The van der Waals surface area contributed by atoms with Crippen LogP contribution in [-0.4, -0.2) is 22.0 Å². The zero-order valence-corrected chi connectivity index (χ0v) is 18.8.